The zero-order valence-electron chi connectivity index (χ0n) is 8.99. The van der Waals surface area contributed by atoms with Gasteiger partial charge in [-0.15, -0.1) is 0 Å². The summed E-state index contributed by atoms with van der Waals surface area (Å²) in [7, 11) is 1.72. The van der Waals surface area contributed by atoms with Gasteiger partial charge in [-0.1, -0.05) is 13.3 Å². The summed E-state index contributed by atoms with van der Waals surface area (Å²) in [6.45, 7) is 2.75. The summed E-state index contributed by atoms with van der Waals surface area (Å²) in [6.07, 6.45) is 3.70. The number of carbonyl (C=O) groups is 1. The second-order valence-electron chi connectivity index (χ2n) is 3.69. The fourth-order valence-electron chi connectivity index (χ4n) is 1.77. The summed E-state index contributed by atoms with van der Waals surface area (Å²) in [4.78, 5) is 11.7. The summed E-state index contributed by atoms with van der Waals surface area (Å²) >= 11 is 0. The topological polar surface area (TPSA) is 58.7 Å². The highest BCUT2D eigenvalue weighted by Crippen LogP contribution is 2.21. The number of amides is 1. The fraction of sp³-hybridized carbons (Fsp3) is 0.800. The Kier molecular flexibility index (Phi) is 4.07. The summed E-state index contributed by atoms with van der Waals surface area (Å²) < 4.78 is 0. The van der Waals surface area contributed by atoms with Gasteiger partial charge in [-0.05, 0) is 25.8 Å². The first kappa shape index (κ1) is 11.2. The van der Waals surface area contributed by atoms with Gasteiger partial charge in [-0.25, -0.2) is 5.01 Å². The molecule has 4 heteroatoms. The van der Waals surface area contributed by atoms with Crippen molar-refractivity contribution >= 4 is 11.6 Å². The normalized spacial score (nSPS) is 21.6. The molecule has 80 valence electrons. The first-order valence-electron chi connectivity index (χ1n) is 5.25. The van der Waals surface area contributed by atoms with Crippen molar-refractivity contribution in [2.45, 2.75) is 32.6 Å². The SMILES string of the molecule is CCCC1=NN(C)C(=O)C1CCCN. The van der Waals surface area contributed by atoms with Crippen LogP contribution < -0.4 is 5.73 Å². The lowest BCUT2D eigenvalue weighted by Crippen LogP contribution is -2.25. The van der Waals surface area contributed by atoms with Gasteiger partial charge >= 0.3 is 0 Å². The van der Waals surface area contributed by atoms with Crippen LogP contribution in [0.25, 0.3) is 0 Å². The van der Waals surface area contributed by atoms with Crippen molar-refractivity contribution in [3.63, 3.8) is 0 Å². The van der Waals surface area contributed by atoms with E-state index in [1.165, 1.54) is 5.01 Å². The predicted octanol–water partition coefficient (Wildman–Crippen LogP) is 0.970. The maximum Gasteiger partial charge on any atom is 0.251 e. The number of nitrogens with zero attached hydrogens (tertiary/aromatic N) is 2. The first-order valence-corrected chi connectivity index (χ1v) is 5.25. The lowest BCUT2D eigenvalue weighted by molar-refractivity contribution is -0.130. The molecule has 0 bridgehead atoms. The van der Waals surface area contributed by atoms with Crippen LogP contribution in [0.3, 0.4) is 0 Å². The van der Waals surface area contributed by atoms with Crippen LogP contribution in [-0.2, 0) is 4.79 Å². The Morgan fingerprint density at radius 2 is 2.29 bits per heavy atom. The van der Waals surface area contributed by atoms with E-state index in [1.54, 1.807) is 7.05 Å². The molecule has 0 aromatic carbocycles. The number of rotatable bonds is 5. The van der Waals surface area contributed by atoms with Gasteiger partial charge in [-0.3, -0.25) is 4.79 Å². The van der Waals surface area contributed by atoms with Crippen LogP contribution in [0.15, 0.2) is 5.10 Å². The van der Waals surface area contributed by atoms with E-state index in [-0.39, 0.29) is 11.8 Å². The standard InChI is InChI=1S/C10H19N3O/c1-3-5-9-8(6-4-7-11)10(14)13(2)12-9/h8H,3-7,11H2,1-2H3. The zero-order valence-corrected chi connectivity index (χ0v) is 8.99. The Bertz CT molecular complexity index is 238. The van der Waals surface area contributed by atoms with Crippen molar-refractivity contribution in [2.75, 3.05) is 13.6 Å². The van der Waals surface area contributed by atoms with Crippen LogP contribution in [0, 0.1) is 5.92 Å². The van der Waals surface area contributed by atoms with Crippen molar-refractivity contribution in [1.29, 1.82) is 0 Å². The van der Waals surface area contributed by atoms with E-state index >= 15 is 0 Å². The van der Waals surface area contributed by atoms with Crippen LogP contribution in [0.5, 0.6) is 0 Å². The minimum Gasteiger partial charge on any atom is -0.330 e. The Balaban J connectivity index is 2.60. The lowest BCUT2D eigenvalue weighted by atomic mass is 9.95. The Labute approximate surface area is 85.1 Å². The van der Waals surface area contributed by atoms with Gasteiger partial charge in [0, 0.05) is 7.05 Å². The highest BCUT2D eigenvalue weighted by Gasteiger charge is 2.32. The van der Waals surface area contributed by atoms with Crippen LogP contribution in [0.4, 0.5) is 0 Å². The number of carbonyl (C=O) groups excluding carboxylic acids is 1. The van der Waals surface area contributed by atoms with Crippen LogP contribution >= 0.6 is 0 Å². The minimum absolute atomic E-state index is 0.00324. The largest absolute Gasteiger partial charge is 0.330 e. The van der Waals surface area contributed by atoms with Crippen molar-refractivity contribution in [3.8, 4) is 0 Å². The first-order chi connectivity index (χ1) is 6.70. The zero-order chi connectivity index (χ0) is 10.6. The third-order valence-electron chi connectivity index (χ3n) is 2.50. The molecule has 0 aliphatic carbocycles. The molecule has 14 heavy (non-hydrogen) atoms. The lowest BCUT2D eigenvalue weighted by Gasteiger charge is -2.09. The molecule has 0 aromatic rings. The summed E-state index contributed by atoms with van der Waals surface area (Å²) in [6, 6.07) is 0. The Morgan fingerprint density at radius 1 is 1.57 bits per heavy atom. The molecule has 4 nitrogen and oxygen atoms in total. The monoisotopic (exact) mass is 197 g/mol. The van der Waals surface area contributed by atoms with E-state index < -0.39 is 0 Å². The molecule has 1 rings (SSSR count). The fourth-order valence-corrected chi connectivity index (χ4v) is 1.77. The molecule has 0 saturated heterocycles. The number of hydrogen-bond acceptors (Lipinski definition) is 3. The highest BCUT2D eigenvalue weighted by atomic mass is 16.2. The average molecular weight is 197 g/mol. The summed E-state index contributed by atoms with van der Waals surface area (Å²) in [5, 5.41) is 5.72. The third kappa shape index (κ3) is 2.32. The molecule has 1 aliphatic heterocycles. The predicted molar refractivity (Wildman–Crippen MR) is 56.9 cm³/mol. The van der Waals surface area contributed by atoms with E-state index in [4.69, 9.17) is 5.73 Å². The molecule has 1 aliphatic rings. The average Bonchev–Trinajstić information content (AvgIpc) is 2.42. The molecule has 0 aromatic heterocycles. The molecule has 0 spiro atoms. The minimum atomic E-state index is 0.00324. The quantitative estimate of drug-likeness (QED) is 0.714. The van der Waals surface area contributed by atoms with Gasteiger partial charge in [0.15, 0.2) is 0 Å². The molecule has 0 fully saturated rings. The van der Waals surface area contributed by atoms with Crippen molar-refractivity contribution in [2.24, 2.45) is 16.8 Å². The number of nitrogens with two attached hydrogens (primary N) is 1. The maximum atomic E-state index is 11.7. The molecule has 0 saturated carbocycles. The molecule has 2 N–H and O–H groups in total. The molecular formula is C10H19N3O. The Morgan fingerprint density at radius 3 is 2.86 bits per heavy atom. The van der Waals surface area contributed by atoms with Gasteiger partial charge in [0.25, 0.3) is 5.91 Å². The molecule has 0 radical (unpaired) electrons. The van der Waals surface area contributed by atoms with Crippen molar-refractivity contribution in [3.05, 3.63) is 0 Å². The van der Waals surface area contributed by atoms with Gasteiger partial charge < -0.3 is 5.73 Å². The van der Waals surface area contributed by atoms with Crippen LogP contribution in [0.1, 0.15) is 32.6 Å². The number of hydrogen-bond donors (Lipinski definition) is 1. The molecule has 1 atom stereocenters. The van der Waals surface area contributed by atoms with E-state index in [9.17, 15) is 4.79 Å². The third-order valence-corrected chi connectivity index (χ3v) is 2.50. The van der Waals surface area contributed by atoms with Gasteiger partial charge in [0.05, 0.1) is 11.6 Å². The second kappa shape index (κ2) is 5.10. The molecule has 1 amide bonds. The maximum absolute atomic E-state index is 11.7. The van der Waals surface area contributed by atoms with Crippen molar-refractivity contribution in [1.82, 2.24) is 5.01 Å². The molecular weight excluding hydrogens is 178 g/mol. The second-order valence-corrected chi connectivity index (χ2v) is 3.69. The van der Waals surface area contributed by atoms with E-state index in [0.717, 1.165) is 31.4 Å². The number of hydrazone groups is 1. The smallest absolute Gasteiger partial charge is 0.251 e. The van der Waals surface area contributed by atoms with Crippen LogP contribution in [-0.4, -0.2) is 30.2 Å². The van der Waals surface area contributed by atoms with E-state index in [1.807, 2.05) is 0 Å². The van der Waals surface area contributed by atoms with Crippen molar-refractivity contribution < 1.29 is 4.79 Å². The molecule has 1 heterocycles. The van der Waals surface area contributed by atoms with E-state index in [0.29, 0.717) is 6.54 Å². The van der Waals surface area contributed by atoms with Gasteiger partial charge in [0.1, 0.15) is 0 Å². The van der Waals surface area contributed by atoms with Gasteiger partial charge in [-0.2, -0.15) is 5.10 Å². The van der Waals surface area contributed by atoms with Gasteiger partial charge in [0.2, 0.25) is 0 Å². The Hall–Kier alpha value is -0.900. The summed E-state index contributed by atoms with van der Waals surface area (Å²) in [5.74, 6) is 0.130. The van der Waals surface area contributed by atoms with E-state index in [2.05, 4.69) is 12.0 Å². The van der Waals surface area contributed by atoms with Crippen LogP contribution in [0.2, 0.25) is 0 Å². The molecule has 1 unspecified atom stereocenters. The highest BCUT2D eigenvalue weighted by molar-refractivity contribution is 6.07. The summed E-state index contributed by atoms with van der Waals surface area (Å²) in [5.41, 5.74) is 6.48.